The molecular weight excluding hydrogens is 1550 g/mol. The van der Waals surface area contributed by atoms with Crippen molar-refractivity contribution in [1.82, 2.24) is 30.9 Å². The Bertz CT molecular complexity index is 5880. The minimum atomic E-state index is -4.38. The van der Waals surface area contributed by atoms with E-state index in [2.05, 4.69) is 219 Å². The van der Waals surface area contributed by atoms with E-state index in [9.17, 15) is 40.3 Å². The van der Waals surface area contributed by atoms with Gasteiger partial charge in [-0.05, 0) is 233 Å². The van der Waals surface area contributed by atoms with Gasteiger partial charge in [0, 0.05) is 169 Å². The molecule has 2 amide bonds. The molecule has 7 heterocycles. The van der Waals surface area contributed by atoms with Crippen LogP contribution in [-0.4, -0.2) is 113 Å². The number of aromatic nitrogens is 3. The highest BCUT2D eigenvalue weighted by Gasteiger charge is 2.47. The molecule has 1 fully saturated rings. The van der Waals surface area contributed by atoms with E-state index in [0.717, 1.165) is 202 Å². The van der Waals surface area contributed by atoms with Gasteiger partial charge in [0.15, 0.2) is 11.5 Å². The van der Waals surface area contributed by atoms with Gasteiger partial charge in [-0.1, -0.05) is 145 Å². The Morgan fingerprint density at radius 3 is 2.13 bits per heavy atom. The Balaban J connectivity index is 0.648. The van der Waals surface area contributed by atoms with Crippen LogP contribution in [0.2, 0.25) is 0 Å². The van der Waals surface area contributed by atoms with Crippen molar-refractivity contribution in [2.45, 2.75) is 220 Å². The fraction of sp³-hybridized carbons (Fsp3) is 0.429. The van der Waals surface area contributed by atoms with Gasteiger partial charge < -0.3 is 45.1 Å². The molecular formula is C98H118N8O10S3. The number of nitrogens with one attached hydrogen (secondary N) is 6. The molecule has 0 saturated carbocycles. The number of ether oxygens (including phenoxy) is 1. The van der Waals surface area contributed by atoms with Crippen molar-refractivity contribution in [3.05, 3.63) is 238 Å². The number of carbonyl (C=O) groups is 3. The van der Waals surface area contributed by atoms with Crippen LogP contribution in [0.15, 0.2) is 159 Å². The molecule has 1 saturated heterocycles. The van der Waals surface area contributed by atoms with E-state index in [1.54, 1.807) is 11.8 Å². The van der Waals surface area contributed by atoms with Gasteiger partial charge in [0.2, 0.25) is 11.6 Å². The van der Waals surface area contributed by atoms with Crippen LogP contribution in [0.3, 0.4) is 0 Å². The van der Waals surface area contributed by atoms with E-state index >= 15 is 0 Å². The molecule has 3 aromatic heterocycles. The molecule has 8 bridgehead atoms. The number of hydrogen-bond acceptors (Lipinski definition) is 12. The molecule has 18 nitrogen and oxygen atoms in total. The SMILES string of the molecule is CCCCCCOC(C)c1c2[nH]c(c1C)C=C1NC(=C3CC(=O)c4c3[nH]c(c4C)C=c3[nH]c(c(C)c3CC)=C2)[C@@H](CCC(=O)NCCCCCCNC(=O)c2ccc(SC3=C(/C=C/C4=[N+](CCCCS(=O)(=O)[O-])c5ccc6ccccc6c5C4(C)C)CCC/C3=C\C=C3\N(CCCCS(=O)(=O)O)c4ccc5ccccc5c4C3(C)C)cc2)[C@@H]1C. The highest BCUT2D eigenvalue weighted by molar-refractivity contribution is 8.03. The molecule has 21 heteroatoms. The number of nitrogens with zero attached hydrogens (tertiary/aromatic N) is 2. The molecule has 5 aromatic carbocycles. The summed E-state index contributed by atoms with van der Waals surface area (Å²) < 4.78 is 77.9. The summed E-state index contributed by atoms with van der Waals surface area (Å²) in [5.41, 5.74) is 21.8. The Morgan fingerprint density at radius 1 is 0.723 bits per heavy atom. The third-order valence-electron chi connectivity index (χ3n) is 25.8. The van der Waals surface area contributed by atoms with E-state index in [-0.39, 0.29) is 54.1 Å². The third-order valence-corrected chi connectivity index (χ3v) is 28.6. The lowest BCUT2D eigenvalue weighted by molar-refractivity contribution is -0.438. The first kappa shape index (κ1) is 86.0. The van der Waals surface area contributed by atoms with Crippen molar-refractivity contribution in [2.24, 2.45) is 11.8 Å². The number of fused-ring (bicyclic) bond motifs is 13. The Morgan fingerprint density at radius 2 is 1.41 bits per heavy atom. The number of amides is 2. The van der Waals surface area contributed by atoms with Crippen molar-refractivity contribution < 1.29 is 49.6 Å². The van der Waals surface area contributed by atoms with Gasteiger partial charge in [0.25, 0.3) is 16.0 Å². The van der Waals surface area contributed by atoms with Crippen LogP contribution in [0.5, 0.6) is 0 Å². The average molecular weight is 1660 g/mol. The number of benzene rings is 5. The van der Waals surface area contributed by atoms with E-state index in [1.165, 1.54) is 35.1 Å². The fourth-order valence-electron chi connectivity index (χ4n) is 19.4. The summed E-state index contributed by atoms with van der Waals surface area (Å²) in [5, 5.41) is 16.9. The lowest BCUT2D eigenvalue weighted by Crippen LogP contribution is -2.28. The summed E-state index contributed by atoms with van der Waals surface area (Å²) in [5.74, 6) is -0.822. The summed E-state index contributed by atoms with van der Waals surface area (Å²) in [6, 6.07) is 33.3. The van der Waals surface area contributed by atoms with E-state index in [4.69, 9.17) is 4.74 Å². The largest absolute Gasteiger partial charge is 0.748 e. The minimum absolute atomic E-state index is 0.00288. The van der Waals surface area contributed by atoms with Crippen molar-refractivity contribution >= 4 is 112 Å². The van der Waals surface area contributed by atoms with E-state index in [1.807, 2.05) is 37.3 Å². The second-order valence-electron chi connectivity index (χ2n) is 34.5. The van der Waals surface area contributed by atoms with Crippen LogP contribution in [-0.2, 0) is 47.0 Å². The predicted octanol–water partition coefficient (Wildman–Crippen LogP) is 18.9. The molecule has 3 atom stereocenters. The molecule has 0 spiro atoms. The highest BCUT2D eigenvalue weighted by Crippen LogP contribution is 2.53. The van der Waals surface area contributed by atoms with Crippen molar-refractivity contribution in [3.63, 3.8) is 0 Å². The van der Waals surface area contributed by atoms with Crippen molar-refractivity contribution in [2.75, 3.05) is 49.2 Å². The maximum absolute atomic E-state index is 14.2. The number of H-pyrrole nitrogens is 3. The van der Waals surface area contributed by atoms with Gasteiger partial charge in [-0.2, -0.15) is 13.0 Å². The first-order chi connectivity index (χ1) is 57.0. The van der Waals surface area contributed by atoms with Gasteiger partial charge in [0.05, 0.1) is 33.1 Å². The summed E-state index contributed by atoms with van der Waals surface area (Å²) in [6.07, 6.45) is 29.5. The quantitative estimate of drug-likeness (QED) is 0.0113. The van der Waals surface area contributed by atoms with E-state index in [0.29, 0.717) is 70.5 Å². The van der Waals surface area contributed by atoms with Crippen LogP contribution in [0.4, 0.5) is 11.4 Å². The van der Waals surface area contributed by atoms with Crippen LogP contribution in [0.1, 0.15) is 260 Å². The Kier molecular flexibility index (Phi) is 26.4. The van der Waals surface area contributed by atoms with Crippen LogP contribution in [0.25, 0.3) is 45.3 Å². The monoisotopic (exact) mass is 1660 g/mol. The van der Waals surface area contributed by atoms with E-state index < -0.39 is 36.8 Å². The molecule has 119 heavy (non-hydrogen) atoms. The molecule has 0 radical (unpaired) electrons. The van der Waals surface area contributed by atoms with Crippen LogP contribution >= 0.6 is 11.8 Å². The number of allylic oxidation sites excluding steroid dienone is 10. The van der Waals surface area contributed by atoms with Crippen LogP contribution in [0, 0.1) is 32.6 Å². The van der Waals surface area contributed by atoms with Crippen molar-refractivity contribution in [3.8, 4) is 0 Å². The topological polar surface area (TPSA) is 262 Å². The van der Waals surface area contributed by atoms with Gasteiger partial charge >= 0.3 is 0 Å². The first-order valence-electron chi connectivity index (χ1n) is 43.3. The zero-order valence-corrected chi connectivity index (χ0v) is 73.6. The predicted molar refractivity (Wildman–Crippen MR) is 483 cm³/mol. The summed E-state index contributed by atoms with van der Waals surface area (Å²) >= 11 is 1.68. The second kappa shape index (κ2) is 36.5. The molecule has 14 rings (SSSR count). The number of rotatable bonds is 34. The molecule has 4 aliphatic heterocycles. The lowest BCUT2D eigenvalue weighted by Gasteiger charge is -2.28. The zero-order chi connectivity index (χ0) is 84.2. The molecule has 6 aliphatic rings. The Labute approximate surface area is 707 Å². The number of aromatic amines is 3. The summed E-state index contributed by atoms with van der Waals surface area (Å²) in [6.45, 7) is 27.1. The zero-order valence-electron chi connectivity index (χ0n) is 71.1. The minimum Gasteiger partial charge on any atom is -0.748 e. The third kappa shape index (κ3) is 18.6. The van der Waals surface area contributed by atoms with Crippen LogP contribution < -0.4 is 31.5 Å². The highest BCUT2D eigenvalue weighted by atomic mass is 32.2. The first-order valence-corrected chi connectivity index (χ1v) is 47.3. The van der Waals surface area contributed by atoms with Gasteiger partial charge in [-0.3, -0.25) is 18.9 Å². The Hall–Kier alpha value is -9.35. The maximum Gasteiger partial charge on any atom is 0.264 e. The summed E-state index contributed by atoms with van der Waals surface area (Å²) in [7, 11) is -8.51. The number of Topliss-reactive ketones (excluding diaryl/α,β-unsaturated/α-hetero) is 1. The average Bonchev–Trinajstić information content (AvgIpc) is 1.58. The number of unbranched alkanes of at least 4 members (excludes halogenated alkanes) is 8. The molecule has 2 aliphatic carbocycles. The van der Waals surface area contributed by atoms with Crippen molar-refractivity contribution in [1.29, 1.82) is 0 Å². The molecule has 628 valence electrons. The number of hydrogen-bond donors (Lipinski definition) is 7. The van der Waals surface area contributed by atoms with Gasteiger partial charge in [-0.25, -0.2) is 8.42 Å². The lowest BCUT2D eigenvalue weighted by atomic mass is 9.78. The second-order valence-corrected chi connectivity index (χ2v) is 38.7. The van der Waals surface area contributed by atoms with Gasteiger partial charge in [-0.15, -0.1) is 0 Å². The number of anilines is 1. The summed E-state index contributed by atoms with van der Waals surface area (Å²) in [4.78, 5) is 57.8. The van der Waals surface area contributed by atoms with Gasteiger partial charge in [0.1, 0.15) is 6.54 Å². The smallest absolute Gasteiger partial charge is 0.264 e. The molecule has 7 N–H and O–H groups in total. The molecule has 1 unspecified atom stereocenters. The maximum atomic E-state index is 14.2. The number of thioether (sulfide) groups is 1. The number of carbonyl (C=O) groups excluding carboxylic acids is 3. The number of ketones is 1. The normalized spacial score (nSPS) is 18.4. The standard InChI is InChI=1S/C98H118N8O10S3/c1-12-14-15-26-54-116-65(7)89-63(5)79-58-78-62(4)73(93(103-78)76-57-85(107)90-64(6)80(104-94(76)90)59-81-72(13-2)61(3)77(101-81)60-82(89)102-79)44-49-88(108)99-50-22-16-17-23-51-100-96(109)70-36-42-71(43-37-70)117-95-68(40-47-86-97(8,9)91-74-34-20-18-30-66(74)38-45-83(91)105(86)52-24-27-55-118(110,111)112)32-29-33-69(95)41-48-87-98(10,11)92-75-35-21-19-31-67(75)39-46-84(92)106(87)53-25-28-56-119(113,114)115/h18-21,30-31,34-43,45-48,58-60,62,65,73,101-102H,12-17,22-29,32-33,44,49-57H2,1-11H3,(H5-,99,100,103,104,107,108,109,110,111,112,113,114,115)/t62-,65?,73-/m0/s1. The fourth-order valence-corrected chi connectivity index (χ4v) is 21.6. The molecule has 8 aromatic rings.